The van der Waals surface area contributed by atoms with Gasteiger partial charge in [-0.15, -0.1) is 5.10 Å². The van der Waals surface area contributed by atoms with Crippen LogP contribution in [0.2, 0.25) is 0 Å². The minimum absolute atomic E-state index is 0.398. The largest absolute Gasteiger partial charge is 0.437 e. The molecule has 0 amide bonds. The Morgan fingerprint density at radius 1 is 1.15 bits per heavy atom. The second-order valence-corrected chi connectivity index (χ2v) is 5.30. The monoisotopic (exact) mass is 335 g/mol. The second kappa shape index (κ2) is 6.81. The Balaban J connectivity index is 2.41. The van der Waals surface area contributed by atoms with Gasteiger partial charge in [0, 0.05) is 16.6 Å². The zero-order chi connectivity index (χ0) is 14.5. The molecule has 0 aliphatic rings. The number of nitrogens with two attached hydrogens (primary N) is 1. The van der Waals surface area contributed by atoms with Crippen molar-refractivity contribution >= 4 is 15.9 Å². The Labute approximate surface area is 127 Å². The van der Waals surface area contributed by atoms with E-state index in [0.717, 1.165) is 39.9 Å². The molecule has 0 spiro atoms. The van der Waals surface area contributed by atoms with Crippen LogP contribution in [0.1, 0.15) is 30.7 Å². The molecule has 0 bridgehead atoms. The van der Waals surface area contributed by atoms with Crippen LogP contribution in [-0.2, 0) is 19.4 Å². The van der Waals surface area contributed by atoms with Gasteiger partial charge >= 0.3 is 0 Å². The smallest absolute Gasteiger partial charge is 0.243 e. The van der Waals surface area contributed by atoms with E-state index in [1.165, 1.54) is 0 Å². The first-order valence-electron chi connectivity index (χ1n) is 6.70. The third-order valence-electron chi connectivity index (χ3n) is 3.14. The lowest BCUT2D eigenvalue weighted by Crippen LogP contribution is -2.10. The third-order valence-corrected chi connectivity index (χ3v) is 3.63. The van der Waals surface area contributed by atoms with Gasteiger partial charge in [-0.3, -0.25) is 0 Å². The van der Waals surface area contributed by atoms with Crippen molar-refractivity contribution in [2.75, 3.05) is 0 Å². The van der Waals surface area contributed by atoms with E-state index in [-0.39, 0.29) is 0 Å². The van der Waals surface area contributed by atoms with E-state index < -0.39 is 0 Å². The van der Waals surface area contributed by atoms with E-state index in [9.17, 15) is 0 Å². The third kappa shape index (κ3) is 3.16. The molecule has 2 rings (SSSR count). The highest BCUT2D eigenvalue weighted by Crippen LogP contribution is 2.28. The first-order chi connectivity index (χ1) is 9.69. The standard InChI is InChI=1S/C15H18BrN3O/c1-3-12-13(9-17)15(19-18-14(12)4-2)20-11-7-5-6-10(16)8-11/h5-8H,3-4,9,17H2,1-2H3. The first-order valence-corrected chi connectivity index (χ1v) is 7.49. The zero-order valence-corrected chi connectivity index (χ0v) is 13.3. The van der Waals surface area contributed by atoms with Crippen LogP contribution in [0.5, 0.6) is 11.6 Å². The fraction of sp³-hybridized carbons (Fsp3) is 0.333. The van der Waals surface area contributed by atoms with Crippen molar-refractivity contribution in [2.45, 2.75) is 33.2 Å². The van der Waals surface area contributed by atoms with Crippen LogP contribution in [0.15, 0.2) is 28.7 Å². The molecule has 0 saturated heterocycles. The van der Waals surface area contributed by atoms with Crippen molar-refractivity contribution in [2.24, 2.45) is 5.73 Å². The molecule has 1 aromatic carbocycles. The van der Waals surface area contributed by atoms with Gasteiger partial charge in [-0.25, -0.2) is 0 Å². The van der Waals surface area contributed by atoms with Crippen LogP contribution in [-0.4, -0.2) is 10.2 Å². The highest BCUT2D eigenvalue weighted by Gasteiger charge is 2.15. The van der Waals surface area contributed by atoms with E-state index in [1.54, 1.807) is 0 Å². The summed E-state index contributed by atoms with van der Waals surface area (Å²) in [5.74, 6) is 1.22. The fourth-order valence-electron chi connectivity index (χ4n) is 2.17. The van der Waals surface area contributed by atoms with Crippen LogP contribution < -0.4 is 10.5 Å². The van der Waals surface area contributed by atoms with Gasteiger partial charge in [-0.2, -0.15) is 5.10 Å². The minimum atomic E-state index is 0.398. The average Bonchev–Trinajstić information content (AvgIpc) is 2.46. The van der Waals surface area contributed by atoms with Crippen molar-refractivity contribution in [3.63, 3.8) is 0 Å². The van der Waals surface area contributed by atoms with Gasteiger partial charge in [0.25, 0.3) is 0 Å². The lowest BCUT2D eigenvalue weighted by atomic mass is 10.0. The van der Waals surface area contributed by atoms with Crippen LogP contribution in [0, 0.1) is 0 Å². The van der Waals surface area contributed by atoms with Crippen LogP contribution in [0.4, 0.5) is 0 Å². The summed E-state index contributed by atoms with van der Waals surface area (Å²) in [6.45, 7) is 4.56. The van der Waals surface area contributed by atoms with E-state index in [4.69, 9.17) is 10.5 Å². The zero-order valence-electron chi connectivity index (χ0n) is 11.7. The van der Waals surface area contributed by atoms with Crippen LogP contribution in [0.3, 0.4) is 0 Å². The molecule has 1 aromatic heterocycles. The lowest BCUT2D eigenvalue weighted by Gasteiger charge is -2.14. The maximum atomic E-state index is 5.88. The summed E-state index contributed by atoms with van der Waals surface area (Å²) in [5, 5.41) is 8.44. The van der Waals surface area contributed by atoms with Crippen molar-refractivity contribution in [3.05, 3.63) is 45.6 Å². The molecule has 5 heteroatoms. The molecule has 0 radical (unpaired) electrons. The molecule has 0 unspecified atom stereocenters. The van der Waals surface area contributed by atoms with Crippen molar-refractivity contribution in [1.82, 2.24) is 10.2 Å². The van der Waals surface area contributed by atoms with Crippen molar-refractivity contribution in [1.29, 1.82) is 0 Å². The summed E-state index contributed by atoms with van der Waals surface area (Å²) in [5.41, 5.74) is 8.96. The Hall–Kier alpha value is -1.46. The molecule has 0 atom stereocenters. The molecular weight excluding hydrogens is 318 g/mol. The number of nitrogens with zero attached hydrogens (tertiary/aromatic N) is 2. The van der Waals surface area contributed by atoms with Gasteiger partial charge in [0.1, 0.15) is 5.75 Å². The highest BCUT2D eigenvalue weighted by molar-refractivity contribution is 9.10. The van der Waals surface area contributed by atoms with E-state index in [0.29, 0.717) is 12.4 Å². The van der Waals surface area contributed by atoms with Crippen LogP contribution in [0.25, 0.3) is 0 Å². The molecule has 20 heavy (non-hydrogen) atoms. The second-order valence-electron chi connectivity index (χ2n) is 4.38. The summed E-state index contributed by atoms with van der Waals surface area (Å²) in [7, 11) is 0. The Kier molecular flexibility index (Phi) is 5.09. The first kappa shape index (κ1) is 14.9. The van der Waals surface area contributed by atoms with Crippen molar-refractivity contribution < 1.29 is 4.74 Å². The quantitative estimate of drug-likeness (QED) is 0.906. The molecule has 0 aliphatic carbocycles. The number of ether oxygens (including phenoxy) is 1. The Morgan fingerprint density at radius 2 is 1.95 bits per heavy atom. The summed E-state index contributed by atoms with van der Waals surface area (Å²) in [6.07, 6.45) is 1.72. The van der Waals surface area contributed by atoms with Gasteiger partial charge in [0.05, 0.1) is 5.69 Å². The summed E-state index contributed by atoms with van der Waals surface area (Å²) in [6, 6.07) is 7.63. The number of benzene rings is 1. The molecule has 2 aromatic rings. The van der Waals surface area contributed by atoms with Crippen molar-refractivity contribution in [3.8, 4) is 11.6 Å². The molecule has 0 aliphatic heterocycles. The fourth-order valence-corrected chi connectivity index (χ4v) is 2.54. The predicted molar refractivity (Wildman–Crippen MR) is 82.9 cm³/mol. The number of hydrogen-bond acceptors (Lipinski definition) is 4. The Bertz CT molecular complexity index is 602. The highest BCUT2D eigenvalue weighted by atomic mass is 79.9. The predicted octanol–water partition coefficient (Wildman–Crippen LogP) is 3.61. The van der Waals surface area contributed by atoms with Gasteiger partial charge in [-0.05, 0) is 36.6 Å². The minimum Gasteiger partial charge on any atom is -0.437 e. The molecule has 0 saturated carbocycles. The molecule has 4 nitrogen and oxygen atoms in total. The number of hydrogen-bond donors (Lipinski definition) is 1. The summed E-state index contributed by atoms with van der Waals surface area (Å²) in [4.78, 5) is 0. The summed E-state index contributed by atoms with van der Waals surface area (Å²) >= 11 is 3.42. The average molecular weight is 336 g/mol. The lowest BCUT2D eigenvalue weighted by molar-refractivity contribution is 0.445. The van der Waals surface area contributed by atoms with Gasteiger partial charge in [0.15, 0.2) is 0 Å². The maximum Gasteiger partial charge on any atom is 0.243 e. The summed E-state index contributed by atoms with van der Waals surface area (Å²) < 4.78 is 6.80. The van der Waals surface area contributed by atoms with Crippen LogP contribution >= 0.6 is 15.9 Å². The SMILES string of the molecule is CCc1nnc(Oc2cccc(Br)c2)c(CN)c1CC. The molecule has 1 heterocycles. The number of aromatic nitrogens is 2. The molecule has 2 N–H and O–H groups in total. The van der Waals surface area contributed by atoms with E-state index in [2.05, 4.69) is 40.0 Å². The number of halogens is 1. The van der Waals surface area contributed by atoms with Gasteiger partial charge < -0.3 is 10.5 Å². The topological polar surface area (TPSA) is 61.0 Å². The van der Waals surface area contributed by atoms with Gasteiger partial charge in [-0.1, -0.05) is 35.8 Å². The normalized spacial score (nSPS) is 10.6. The molecule has 0 fully saturated rings. The Morgan fingerprint density at radius 3 is 2.55 bits per heavy atom. The van der Waals surface area contributed by atoms with E-state index in [1.807, 2.05) is 24.3 Å². The van der Waals surface area contributed by atoms with E-state index >= 15 is 0 Å². The number of aryl methyl sites for hydroxylation is 1. The number of rotatable bonds is 5. The molecule has 106 valence electrons. The van der Waals surface area contributed by atoms with Gasteiger partial charge in [0.2, 0.25) is 5.88 Å². The maximum absolute atomic E-state index is 5.88. The molecular formula is C15H18BrN3O.